The van der Waals surface area contributed by atoms with Crippen LogP contribution in [0.25, 0.3) is 23.0 Å². The van der Waals surface area contributed by atoms with Gasteiger partial charge in [-0.1, -0.05) is 25.3 Å². The van der Waals surface area contributed by atoms with Crippen LogP contribution in [0.15, 0.2) is 29.8 Å². The molecule has 8 nitrogen and oxygen atoms in total. The first-order valence-corrected chi connectivity index (χ1v) is 13.0. The summed E-state index contributed by atoms with van der Waals surface area (Å²) in [6.07, 6.45) is 8.82. The number of likely N-dealkylation sites (tertiary alicyclic amines) is 1. The van der Waals surface area contributed by atoms with Crippen molar-refractivity contribution >= 4 is 23.6 Å². The van der Waals surface area contributed by atoms with Crippen LogP contribution in [0.5, 0.6) is 5.75 Å². The number of aromatic nitrogens is 3. The highest BCUT2D eigenvalue weighted by atomic mass is 19.1. The molecule has 9 heteroatoms. The Hall–Kier alpha value is -3.75. The summed E-state index contributed by atoms with van der Waals surface area (Å²) < 4.78 is 22.7. The molecule has 0 bridgehead atoms. The second-order valence-electron chi connectivity index (χ2n) is 10.3. The van der Waals surface area contributed by atoms with E-state index in [1.807, 2.05) is 11.0 Å². The number of benzene rings is 1. The topological polar surface area (TPSA) is 97.0 Å². The maximum atomic E-state index is 15.5. The Balaban J connectivity index is 1.42. The van der Waals surface area contributed by atoms with E-state index in [1.165, 1.54) is 6.08 Å². The van der Waals surface area contributed by atoms with Crippen LogP contribution >= 0.6 is 0 Å². The maximum absolute atomic E-state index is 15.5. The number of rotatable bonds is 4. The molecular weight excluding hydrogens is 475 g/mol. The molecule has 1 saturated carbocycles. The summed E-state index contributed by atoms with van der Waals surface area (Å²) in [6.45, 7) is 2.62. The van der Waals surface area contributed by atoms with E-state index in [0.29, 0.717) is 22.6 Å². The lowest BCUT2D eigenvalue weighted by Gasteiger charge is -2.29. The number of ether oxygens (including phenoxy) is 1. The molecular formula is C28H29FN4O4. The third-order valence-electron chi connectivity index (χ3n) is 7.89. The Morgan fingerprint density at radius 1 is 1.11 bits per heavy atom. The fraction of sp³-hybridized carbons (Fsp3) is 0.429. The summed E-state index contributed by atoms with van der Waals surface area (Å²) in [5.74, 6) is -1.46. The van der Waals surface area contributed by atoms with Crippen molar-refractivity contribution in [2.75, 3.05) is 13.2 Å². The minimum absolute atomic E-state index is 0.0118. The number of carbonyl (C=O) groups excluding carboxylic acids is 1. The van der Waals surface area contributed by atoms with Crippen LogP contribution in [0.2, 0.25) is 0 Å². The molecule has 2 aliphatic heterocycles. The molecule has 1 amide bonds. The van der Waals surface area contributed by atoms with Gasteiger partial charge in [-0.05, 0) is 50.8 Å². The number of nitrogens with zero attached hydrogens (tertiary/aromatic N) is 4. The van der Waals surface area contributed by atoms with Crippen LogP contribution in [-0.4, -0.2) is 55.7 Å². The van der Waals surface area contributed by atoms with Crippen molar-refractivity contribution in [2.24, 2.45) is 0 Å². The number of carboxylic acid groups (broad SMARTS) is 1. The predicted octanol–water partition coefficient (Wildman–Crippen LogP) is 5.07. The molecule has 1 atom stereocenters. The standard InChI is InChI=1S/C28H29FN4O4/c1-16-6-3-2-4-11-32(16)27(34)22-13-23(17-7-5-8-17)33-24(30-22)14-21(31-33)20-10-9-18-12-19(28(35)36)15-37-26(18)25(20)29/h9-10,12-14,16-17H,2-8,11,15H2,1H3,(H,35,36)/t16-/m1/s1. The van der Waals surface area contributed by atoms with Gasteiger partial charge < -0.3 is 14.7 Å². The van der Waals surface area contributed by atoms with E-state index in [2.05, 4.69) is 6.92 Å². The molecule has 0 radical (unpaired) electrons. The van der Waals surface area contributed by atoms with Gasteiger partial charge in [0.1, 0.15) is 12.3 Å². The number of amides is 1. The summed E-state index contributed by atoms with van der Waals surface area (Å²) in [6, 6.07) is 6.96. The predicted molar refractivity (Wildman–Crippen MR) is 135 cm³/mol. The molecule has 1 aromatic carbocycles. The van der Waals surface area contributed by atoms with E-state index in [9.17, 15) is 14.7 Å². The molecule has 1 aliphatic carbocycles. The molecule has 0 spiro atoms. The minimum atomic E-state index is -1.09. The van der Waals surface area contributed by atoms with Crippen LogP contribution < -0.4 is 4.74 Å². The van der Waals surface area contributed by atoms with Crippen LogP contribution in [0.3, 0.4) is 0 Å². The van der Waals surface area contributed by atoms with Crippen LogP contribution in [0, 0.1) is 5.82 Å². The Labute approximate surface area is 213 Å². The van der Waals surface area contributed by atoms with Gasteiger partial charge in [0.2, 0.25) is 0 Å². The highest BCUT2D eigenvalue weighted by molar-refractivity contribution is 5.94. The first-order valence-electron chi connectivity index (χ1n) is 13.0. The number of fused-ring (bicyclic) bond motifs is 2. The maximum Gasteiger partial charge on any atom is 0.335 e. The zero-order valence-corrected chi connectivity index (χ0v) is 20.7. The van der Waals surface area contributed by atoms with Crippen molar-refractivity contribution in [3.8, 4) is 17.0 Å². The molecule has 6 rings (SSSR count). The van der Waals surface area contributed by atoms with Gasteiger partial charge >= 0.3 is 5.97 Å². The van der Waals surface area contributed by atoms with E-state index in [4.69, 9.17) is 14.8 Å². The summed E-state index contributed by atoms with van der Waals surface area (Å²) in [7, 11) is 0. The van der Waals surface area contributed by atoms with E-state index >= 15 is 4.39 Å². The molecule has 37 heavy (non-hydrogen) atoms. The fourth-order valence-corrected chi connectivity index (χ4v) is 5.49. The smallest absolute Gasteiger partial charge is 0.335 e. The zero-order chi connectivity index (χ0) is 25.7. The molecule has 4 heterocycles. The van der Waals surface area contributed by atoms with E-state index in [1.54, 1.807) is 22.7 Å². The molecule has 192 valence electrons. The second-order valence-corrected chi connectivity index (χ2v) is 10.3. The zero-order valence-electron chi connectivity index (χ0n) is 20.7. The van der Waals surface area contributed by atoms with Gasteiger partial charge in [-0.2, -0.15) is 5.10 Å². The van der Waals surface area contributed by atoms with Gasteiger partial charge in [0.25, 0.3) is 5.91 Å². The monoisotopic (exact) mass is 504 g/mol. The van der Waals surface area contributed by atoms with E-state index in [0.717, 1.165) is 57.2 Å². The molecule has 3 aromatic rings. The average molecular weight is 505 g/mol. The number of hydrogen-bond donors (Lipinski definition) is 1. The average Bonchev–Trinajstić information content (AvgIpc) is 3.17. The third kappa shape index (κ3) is 4.16. The van der Waals surface area contributed by atoms with Crippen molar-refractivity contribution in [3.05, 3.63) is 52.6 Å². The summed E-state index contributed by atoms with van der Waals surface area (Å²) in [5, 5.41) is 13.9. The van der Waals surface area contributed by atoms with Gasteiger partial charge in [-0.15, -0.1) is 0 Å². The Morgan fingerprint density at radius 2 is 1.95 bits per heavy atom. The summed E-state index contributed by atoms with van der Waals surface area (Å²) >= 11 is 0. The van der Waals surface area contributed by atoms with Gasteiger partial charge in [-0.25, -0.2) is 18.7 Å². The molecule has 1 saturated heterocycles. The number of hydrogen-bond acceptors (Lipinski definition) is 5. The second kappa shape index (κ2) is 9.28. The summed E-state index contributed by atoms with van der Waals surface area (Å²) in [4.78, 5) is 31.5. The number of carbonyl (C=O) groups is 2. The highest BCUT2D eigenvalue weighted by Crippen LogP contribution is 2.39. The quantitative estimate of drug-likeness (QED) is 0.533. The summed E-state index contributed by atoms with van der Waals surface area (Å²) in [5.41, 5.74) is 2.92. The van der Waals surface area contributed by atoms with Gasteiger partial charge in [-0.3, -0.25) is 4.79 Å². The SMILES string of the molecule is C[C@@H]1CCCCCN1C(=O)c1cc(C2CCC2)n2nc(-c3ccc4c(c3F)OCC(C(=O)O)=C4)cc2n1. The molecule has 2 fully saturated rings. The van der Waals surface area contributed by atoms with Crippen molar-refractivity contribution in [1.29, 1.82) is 0 Å². The van der Waals surface area contributed by atoms with Gasteiger partial charge in [0.05, 0.1) is 11.3 Å². The van der Waals surface area contributed by atoms with Crippen LogP contribution in [-0.2, 0) is 4.79 Å². The van der Waals surface area contributed by atoms with Gasteiger partial charge in [0, 0.05) is 41.4 Å². The van der Waals surface area contributed by atoms with Crippen molar-refractivity contribution < 1.29 is 23.8 Å². The Kier molecular flexibility index (Phi) is 5.93. The van der Waals surface area contributed by atoms with Crippen molar-refractivity contribution in [2.45, 2.75) is 63.8 Å². The largest absolute Gasteiger partial charge is 0.485 e. The van der Waals surface area contributed by atoms with E-state index < -0.39 is 11.8 Å². The van der Waals surface area contributed by atoms with Crippen molar-refractivity contribution in [1.82, 2.24) is 19.5 Å². The van der Waals surface area contributed by atoms with Crippen LogP contribution in [0.4, 0.5) is 4.39 Å². The molecule has 0 unspecified atom stereocenters. The molecule has 3 aliphatic rings. The van der Waals surface area contributed by atoms with Crippen LogP contribution in [0.1, 0.15) is 79.5 Å². The highest BCUT2D eigenvalue weighted by Gasteiger charge is 2.30. The van der Waals surface area contributed by atoms with E-state index in [-0.39, 0.29) is 41.4 Å². The first-order chi connectivity index (χ1) is 17.9. The number of aliphatic carboxylic acids is 1. The Morgan fingerprint density at radius 3 is 2.70 bits per heavy atom. The third-order valence-corrected chi connectivity index (χ3v) is 7.89. The molecule has 1 N–H and O–H groups in total. The normalized spacial score (nSPS) is 20.0. The first kappa shape index (κ1) is 23.6. The van der Waals surface area contributed by atoms with Gasteiger partial charge in [0.15, 0.2) is 17.2 Å². The fourth-order valence-electron chi connectivity index (χ4n) is 5.49. The number of halogens is 1. The minimum Gasteiger partial charge on any atom is -0.485 e. The lowest BCUT2D eigenvalue weighted by atomic mass is 9.82. The number of carboxylic acids is 1. The van der Waals surface area contributed by atoms with Crippen molar-refractivity contribution in [3.63, 3.8) is 0 Å². The Bertz CT molecular complexity index is 1440. The lowest BCUT2D eigenvalue weighted by molar-refractivity contribution is -0.133. The molecule has 2 aromatic heterocycles. The lowest BCUT2D eigenvalue weighted by Crippen LogP contribution is -2.38.